The SMILES string of the molecule is CCCCCN(C(=O)CC)C1CCNCC1. The molecule has 0 spiro atoms. The molecule has 0 aromatic heterocycles. The molecule has 0 aliphatic carbocycles. The Morgan fingerprint density at radius 3 is 2.50 bits per heavy atom. The number of nitrogens with zero attached hydrogens (tertiary/aromatic N) is 1. The first-order valence-corrected chi connectivity index (χ1v) is 6.79. The Kier molecular flexibility index (Phi) is 6.46. The molecule has 0 saturated carbocycles. The second-order valence-electron chi connectivity index (χ2n) is 4.63. The molecule has 0 aromatic carbocycles. The van der Waals surface area contributed by atoms with Crippen molar-refractivity contribution < 1.29 is 4.79 Å². The van der Waals surface area contributed by atoms with E-state index in [1.54, 1.807) is 0 Å². The summed E-state index contributed by atoms with van der Waals surface area (Å²) < 4.78 is 0. The smallest absolute Gasteiger partial charge is 0.222 e. The van der Waals surface area contributed by atoms with Gasteiger partial charge in [-0.25, -0.2) is 0 Å². The molecule has 1 heterocycles. The maximum Gasteiger partial charge on any atom is 0.222 e. The number of piperidine rings is 1. The highest BCUT2D eigenvalue weighted by molar-refractivity contribution is 5.76. The second-order valence-corrected chi connectivity index (χ2v) is 4.63. The van der Waals surface area contributed by atoms with Crippen LogP contribution >= 0.6 is 0 Å². The van der Waals surface area contributed by atoms with E-state index in [0.29, 0.717) is 18.4 Å². The number of hydrogen-bond acceptors (Lipinski definition) is 2. The maximum atomic E-state index is 11.9. The first kappa shape index (κ1) is 13.5. The zero-order chi connectivity index (χ0) is 11.8. The van der Waals surface area contributed by atoms with Crippen molar-refractivity contribution in [1.29, 1.82) is 0 Å². The summed E-state index contributed by atoms with van der Waals surface area (Å²) in [5.74, 6) is 0.336. The number of carbonyl (C=O) groups is 1. The molecule has 0 bridgehead atoms. The lowest BCUT2D eigenvalue weighted by molar-refractivity contribution is -0.133. The van der Waals surface area contributed by atoms with Crippen LogP contribution in [-0.2, 0) is 4.79 Å². The number of carbonyl (C=O) groups excluding carboxylic acids is 1. The van der Waals surface area contributed by atoms with Gasteiger partial charge >= 0.3 is 0 Å². The van der Waals surface area contributed by atoms with Gasteiger partial charge in [0.2, 0.25) is 5.91 Å². The van der Waals surface area contributed by atoms with Crippen molar-refractivity contribution in [3.8, 4) is 0 Å². The first-order valence-electron chi connectivity index (χ1n) is 6.79. The van der Waals surface area contributed by atoms with E-state index in [1.807, 2.05) is 6.92 Å². The van der Waals surface area contributed by atoms with Gasteiger partial charge in [-0.05, 0) is 32.4 Å². The highest BCUT2D eigenvalue weighted by atomic mass is 16.2. The molecule has 1 saturated heterocycles. The number of hydrogen-bond donors (Lipinski definition) is 1. The topological polar surface area (TPSA) is 32.3 Å². The Hall–Kier alpha value is -0.570. The standard InChI is InChI=1S/C13H26N2O/c1-3-5-6-11-15(13(16)4-2)12-7-9-14-10-8-12/h12,14H,3-11H2,1-2H3. The molecule has 1 N–H and O–H groups in total. The average molecular weight is 226 g/mol. The van der Waals surface area contributed by atoms with Crippen molar-refractivity contribution >= 4 is 5.91 Å². The van der Waals surface area contributed by atoms with Gasteiger partial charge in [0.25, 0.3) is 0 Å². The van der Waals surface area contributed by atoms with Crippen LogP contribution in [-0.4, -0.2) is 36.5 Å². The van der Waals surface area contributed by atoms with Crippen LogP contribution in [0.3, 0.4) is 0 Å². The van der Waals surface area contributed by atoms with E-state index in [4.69, 9.17) is 0 Å². The van der Waals surface area contributed by atoms with Crippen LogP contribution in [0.25, 0.3) is 0 Å². The highest BCUT2D eigenvalue weighted by Crippen LogP contribution is 2.14. The second kappa shape index (κ2) is 7.66. The fourth-order valence-corrected chi connectivity index (χ4v) is 2.36. The van der Waals surface area contributed by atoms with Gasteiger partial charge in [-0.3, -0.25) is 4.79 Å². The monoisotopic (exact) mass is 226 g/mol. The molecule has 0 aromatic rings. The van der Waals surface area contributed by atoms with E-state index < -0.39 is 0 Å². The van der Waals surface area contributed by atoms with E-state index in [-0.39, 0.29) is 0 Å². The molecule has 1 aliphatic rings. The van der Waals surface area contributed by atoms with Gasteiger partial charge in [-0.2, -0.15) is 0 Å². The summed E-state index contributed by atoms with van der Waals surface area (Å²) in [6.45, 7) is 7.26. The molecular weight excluding hydrogens is 200 g/mol. The molecule has 1 aliphatic heterocycles. The minimum absolute atomic E-state index is 0.336. The number of unbranched alkanes of at least 4 members (excludes halogenated alkanes) is 2. The lowest BCUT2D eigenvalue weighted by Gasteiger charge is -2.34. The quantitative estimate of drug-likeness (QED) is 0.704. The van der Waals surface area contributed by atoms with Gasteiger partial charge in [-0.1, -0.05) is 26.7 Å². The van der Waals surface area contributed by atoms with E-state index in [1.165, 1.54) is 12.8 Å². The van der Waals surface area contributed by atoms with Gasteiger partial charge in [0, 0.05) is 19.0 Å². The summed E-state index contributed by atoms with van der Waals surface area (Å²) in [4.78, 5) is 14.0. The summed E-state index contributed by atoms with van der Waals surface area (Å²) in [5, 5.41) is 3.36. The van der Waals surface area contributed by atoms with Crippen LogP contribution in [0, 0.1) is 0 Å². The molecule has 16 heavy (non-hydrogen) atoms. The van der Waals surface area contributed by atoms with Crippen LogP contribution in [0.4, 0.5) is 0 Å². The number of nitrogens with one attached hydrogen (secondary N) is 1. The van der Waals surface area contributed by atoms with Crippen molar-refractivity contribution in [1.82, 2.24) is 10.2 Å². The van der Waals surface area contributed by atoms with Gasteiger partial charge in [0.05, 0.1) is 0 Å². The lowest BCUT2D eigenvalue weighted by atomic mass is 10.0. The maximum absolute atomic E-state index is 11.9. The predicted octanol–water partition coefficient (Wildman–Crippen LogP) is 2.17. The molecule has 0 atom stereocenters. The van der Waals surface area contributed by atoms with Gasteiger partial charge < -0.3 is 10.2 Å². The molecule has 3 heteroatoms. The van der Waals surface area contributed by atoms with E-state index >= 15 is 0 Å². The summed E-state index contributed by atoms with van der Waals surface area (Å²) in [7, 11) is 0. The van der Waals surface area contributed by atoms with Crippen LogP contribution in [0.5, 0.6) is 0 Å². The summed E-state index contributed by atoms with van der Waals surface area (Å²) in [6.07, 6.45) is 6.51. The van der Waals surface area contributed by atoms with Crippen LogP contribution in [0.15, 0.2) is 0 Å². The fourth-order valence-electron chi connectivity index (χ4n) is 2.36. The average Bonchev–Trinajstić information content (AvgIpc) is 2.35. The Balaban J connectivity index is 2.44. The first-order chi connectivity index (χ1) is 7.79. The highest BCUT2D eigenvalue weighted by Gasteiger charge is 2.23. The number of rotatable bonds is 6. The zero-order valence-corrected chi connectivity index (χ0v) is 10.8. The third-order valence-electron chi connectivity index (χ3n) is 3.37. The van der Waals surface area contributed by atoms with Crippen LogP contribution in [0.1, 0.15) is 52.4 Å². The minimum Gasteiger partial charge on any atom is -0.340 e. The van der Waals surface area contributed by atoms with E-state index in [0.717, 1.165) is 38.9 Å². The van der Waals surface area contributed by atoms with E-state index in [2.05, 4.69) is 17.1 Å². The van der Waals surface area contributed by atoms with Crippen LogP contribution < -0.4 is 5.32 Å². The van der Waals surface area contributed by atoms with Gasteiger partial charge in [-0.15, -0.1) is 0 Å². The fraction of sp³-hybridized carbons (Fsp3) is 0.923. The molecule has 0 radical (unpaired) electrons. The van der Waals surface area contributed by atoms with Crippen molar-refractivity contribution in [3.63, 3.8) is 0 Å². The normalized spacial score (nSPS) is 17.4. The predicted molar refractivity (Wildman–Crippen MR) is 67.4 cm³/mol. The molecule has 1 rings (SSSR count). The van der Waals surface area contributed by atoms with Crippen molar-refractivity contribution in [2.24, 2.45) is 0 Å². The molecule has 0 unspecified atom stereocenters. The van der Waals surface area contributed by atoms with Gasteiger partial charge in [0.15, 0.2) is 0 Å². The van der Waals surface area contributed by atoms with Gasteiger partial charge in [0.1, 0.15) is 0 Å². The Labute approximate surface area is 99.6 Å². The summed E-state index contributed by atoms with van der Waals surface area (Å²) in [6, 6.07) is 0.491. The van der Waals surface area contributed by atoms with Crippen molar-refractivity contribution in [2.45, 2.75) is 58.4 Å². The van der Waals surface area contributed by atoms with Crippen molar-refractivity contribution in [3.05, 3.63) is 0 Å². The zero-order valence-electron chi connectivity index (χ0n) is 10.8. The largest absolute Gasteiger partial charge is 0.340 e. The lowest BCUT2D eigenvalue weighted by Crippen LogP contribution is -2.46. The third-order valence-corrected chi connectivity index (χ3v) is 3.37. The summed E-state index contributed by atoms with van der Waals surface area (Å²) >= 11 is 0. The van der Waals surface area contributed by atoms with Crippen LogP contribution in [0.2, 0.25) is 0 Å². The Bertz CT molecular complexity index is 200. The molecule has 94 valence electrons. The Morgan fingerprint density at radius 1 is 1.25 bits per heavy atom. The molecule has 3 nitrogen and oxygen atoms in total. The van der Waals surface area contributed by atoms with E-state index in [9.17, 15) is 4.79 Å². The molecular formula is C13H26N2O. The third kappa shape index (κ3) is 4.12. The molecule has 1 amide bonds. The minimum atomic E-state index is 0.336. The number of amides is 1. The molecule has 1 fully saturated rings. The summed E-state index contributed by atoms with van der Waals surface area (Å²) in [5.41, 5.74) is 0. The van der Waals surface area contributed by atoms with Crippen molar-refractivity contribution in [2.75, 3.05) is 19.6 Å². The Morgan fingerprint density at radius 2 is 1.94 bits per heavy atom.